The van der Waals surface area contributed by atoms with Gasteiger partial charge in [-0.3, -0.25) is 4.68 Å². The number of carbonyl (C=O) groups is 1. The summed E-state index contributed by atoms with van der Waals surface area (Å²) in [5.74, 6) is 0.193. The van der Waals surface area contributed by atoms with E-state index in [0.29, 0.717) is 18.0 Å². The van der Waals surface area contributed by atoms with Crippen LogP contribution in [-0.4, -0.2) is 20.9 Å². The van der Waals surface area contributed by atoms with Crippen molar-refractivity contribution in [2.45, 2.75) is 33.9 Å². The molecule has 4 rings (SSSR count). The highest BCUT2D eigenvalue weighted by Crippen LogP contribution is 2.20. The van der Waals surface area contributed by atoms with Crippen LogP contribution in [0.5, 0.6) is 0 Å². The first-order valence-corrected chi connectivity index (χ1v) is 10.4. The van der Waals surface area contributed by atoms with Crippen molar-refractivity contribution in [2.75, 3.05) is 0 Å². The van der Waals surface area contributed by atoms with Crippen LogP contribution in [0.15, 0.2) is 71.3 Å². The standard InChI is InChI=1S/C26H25N3O3/c1-18-9-11-21(12-10-18)16-29-20(3)24(19(2)27-29)13-14-26(30)31-17-23-15-25(32-28-23)22-7-5-4-6-8-22/h4-15H,16-17H2,1-3H3/b14-13+. The number of aryl methyl sites for hydroxylation is 2. The summed E-state index contributed by atoms with van der Waals surface area (Å²) in [4.78, 5) is 12.2. The maximum atomic E-state index is 12.2. The molecule has 0 aliphatic heterocycles. The Labute approximate surface area is 187 Å². The highest BCUT2D eigenvalue weighted by Gasteiger charge is 2.11. The molecule has 0 aliphatic carbocycles. The number of esters is 1. The SMILES string of the molecule is Cc1ccc(Cn2nc(C)c(/C=C/C(=O)OCc3cc(-c4ccccc4)on3)c2C)cc1. The van der Waals surface area contributed by atoms with Gasteiger partial charge in [-0.25, -0.2) is 4.79 Å². The average Bonchev–Trinajstić information content (AvgIpc) is 3.38. The highest BCUT2D eigenvalue weighted by molar-refractivity contribution is 5.87. The predicted molar refractivity (Wildman–Crippen MR) is 123 cm³/mol. The van der Waals surface area contributed by atoms with Crippen molar-refractivity contribution >= 4 is 12.0 Å². The Kier molecular flexibility index (Phi) is 6.31. The van der Waals surface area contributed by atoms with E-state index in [-0.39, 0.29) is 6.61 Å². The lowest BCUT2D eigenvalue weighted by Crippen LogP contribution is -2.04. The normalized spacial score (nSPS) is 11.2. The average molecular weight is 428 g/mol. The minimum absolute atomic E-state index is 0.0458. The summed E-state index contributed by atoms with van der Waals surface area (Å²) in [6.45, 7) is 6.73. The quantitative estimate of drug-likeness (QED) is 0.297. The van der Waals surface area contributed by atoms with Crippen molar-refractivity contribution in [1.29, 1.82) is 0 Å². The molecule has 0 saturated carbocycles. The van der Waals surface area contributed by atoms with Gasteiger partial charge < -0.3 is 9.26 Å². The first-order chi connectivity index (χ1) is 15.5. The number of ether oxygens (including phenoxy) is 1. The minimum Gasteiger partial charge on any atom is -0.456 e. The Morgan fingerprint density at radius 2 is 1.81 bits per heavy atom. The molecule has 0 fully saturated rings. The second-order valence-electron chi connectivity index (χ2n) is 7.72. The van der Waals surface area contributed by atoms with Gasteiger partial charge in [0.2, 0.25) is 0 Å². The van der Waals surface area contributed by atoms with Gasteiger partial charge in [0.1, 0.15) is 12.3 Å². The number of benzene rings is 2. The molecule has 32 heavy (non-hydrogen) atoms. The molecule has 4 aromatic rings. The molecule has 0 spiro atoms. The summed E-state index contributed by atoms with van der Waals surface area (Å²) < 4.78 is 12.6. The van der Waals surface area contributed by atoms with E-state index in [4.69, 9.17) is 9.26 Å². The maximum Gasteiger partial charge on any atom is 0.331 e. The second-order valence-corrected chi connectivity index (χ2v) is 7.72. The highest BCUT2D eigenvalue weighted by atomic mass is 16.5. The predicted octanol–water partition coefficient (Wildman–Crippen LogP) is 5.27. The van der Waals surface area contributed by atoms with E-state index < -0.39 is 5.97 Å². The molecule has 6 nitrogen and oxygen atoms in total. The molecule has 2 aromatic carbocycles. The molecule has 0 radical (unpaired) electrons. The Balaban J connectivity index is 1.37. The lowest BCUT2D eigenvalue weighted by Gasteiger charge is -2.05. The van der Waals surface area contributed by atoms with Crippen molar-refractivity contribution in [3.8, 4) is 11.3 Å². The summed E-state index contributed by atoms with van der Waals surface area (Å²) in [6, 6.07) is 19.8. The zero-order valence-electron chi connectivity index (χ0n) is 18.4. The molecular weight excluding hydrogens is 402 g/mol. The summed E-state index contributed by atoms with van der Waals surface area (Å²) >= 11 is 0. The zero-order chi connectivity index (χ0) is 22.5. The fraction of sp³-hybridized carbons (Fsp3) is 0.192. The molecule has 0 atom stereocenters. The van der Waals surface area contributed by atoms with Crippen molar-refractivity contribution in [1.82, 2.24) is 14.9 Å². The topological polar surface area (TPSA) is 70.2 Å². The largest absolute Gasteiger partial charge is 0.456 e. The fourth-order valence-corrected chi connectivity index (χ4v) is 3.44. The Bertz CT molecular complexity index is 1240. The first-order valence-electron chi connectivity index (χ1n) is 10.4. The van der Waals surface area contributed by atoms with E-state index in [1.165, 1.54) is 17.2 Å². The summed E-state index contributed by atoms with van der Waals surface area (Å²) in [7, 11) is 0. The second kappa shape index (κ2) is 9.47. The number of hydrogen-bond donors (Lipinski definition) is 0. The van der Waals surface area contributed by atoms with Gasteiger partial charge in [-0.1, -0.05) is 65.3 Å². The first kappa shape index (κ1) is 21.3. The van der Waals surface area contributed by atoms with Crippen molar-refractivity contribution in [3.63, 3.8) is 0 Å². The van der Waals surface area contributed by atoms with E-state index in [0.717, 1.165) is 22.5 Å². The van der Waals surface area contributed by atoms with E-state index in [9.17, 15) is 4.79 Å². The summed E-state index contributed by atoms with van der Waals surface area (Å²) in [6.07, 6.45) is 3.18. The van der Waals surface area contributed by atoms with Crippen LogP contribution in [0.25, 0.3) is 17.4 Å². The zero-order valence-corrected chi connectivity index (χ0v) is 18.4. The van der Waals surface area contributed by atoms with E-state index >= 15 is 0 Å². The summed E-state index contributed by atoms with van der Waals surface area (Å²) in [5.41, 5.74) is 6.67. The molecular formula is C26H25N3O3. The fourth-order valence-electron chi connectivity index (χ4n) is 3.44. The van der Waals surface area contributed by atoms with Gasteiger partial charge >= 0.3 is 5.97 Å². The van der Waals surface area contributed by atoms with Crippen molar-refractivity contribution in [2.24, 2.45) is 0 Å². The Morgan fingerprint density at radius 3 is 2.56 bits per heavy atom. The number of rotatable bonds is 7. The molecule has 0 unspecified atom stereocenters. The van der Waals surface area contributed by atoms with Crippen LogP contribution in [0.2, 0.25) is 0 Å². The third-order valence-corrected chi connectivity index (χ3v) is 5.26. The van der Waals surface area contributed by atoms with Crippen LogP contribution in [0.1, 0.15) is 33.8 Å². The van der Waals surface area contributed by atoms with Crippen LogP contribution in [0.4, 0.5) is 0 Å². The number of aromatic nitrogens is 3. The lowest BCUT2D eigenvalue weighted by atomic mass is 10.1. The third-order valence-electron chi connectivity index (χ3n) is 5.26. The minimum atomic E-state index is -0.445. The van der Waals surface area contributed by atoms with Crippen LogP contribution < -0.4 is 0 Å². The molecule has 0 saturated heterocycles. The van der Waals surface area contributed by atoms with Gasteiger partial charge in [-0.15, -0.1) is 0 Å². The van der Waals surface area contributed by atoms with Gasteiger partial charge in [0.25, 0.3) is 0 Å². The number of carbonyl (C=O) groups excluding carboxylic acids is 1. The molecule has 0 aliphatic rings. The summed E-state index contributed by atoms with van der Waals surface area (Å²) in [5, 5.41) is 8.59. The molecule has 2 heterocycles. The van der Waals surface area contributed by atoms with Crippen molar-refractivity contribution < 1.29 is 14.1 Å². The van der Waals surface area contributed by atoms with Crippen molar-refractivity contribution in [3.05, 3.63) is 101 Å². The van der Waals surface area contributed by atoms with Crippen LogP contribution in [-0.2, 0) is 22.7 Å². The van der Waals surface area contributed by atoms with Gasteiger partial charge in [0.05, 0.1) is 12.2 Å². The van der Waals surface area contributed by atoms with Gasteiger partial charge in [-0.05, 0) is 32.4 Å². The lowest BCUT2D eigenvalue weighted by molar-refractivity contribution is -0.139. The van der Waals surface area contributed by atoms with Crippen LogP contribution in [0.3, 0.4) is 0 Å². The van der Waals surface area contributed by atoms with Crippen LogP contribution in [0, 0.1) is 20.8 Å². The number of nitrogens with zero attached hydrogens (tertiary/aromatic N) is 3. The third kappa shape index (κ3) is 5.03. The van der Waals surface area contributed by atoms with Gasteiger partial charge in [-0.2, -0.15) is 5.10 Å². The smallest absolute Gasteiger partial charge is 0.331 e. The molecule has 162 valence electrons. The Morgan fingerprint density at radius 1 is 1.06 bits per heavy atom. The van der Waals surface area contributed by atoms with Gasteiger partial charge in [0, 0.05) is 29.0 Å². The maximum absolute atomic E-state index is 12.2. The number of hydrogen-bond acceptors (Lipinski definition) is 5. The van der Waals surface area contributed by atoms with Gasteiger partial charge in [0.15, 0.2) is 5.76 Å². The monoisotopic (exact) mass is 427 g/mol. The van der Waals surface area contributed by atoms with E-state index in [1.54, 1.807) is 12.1 Å². The molecule has 0 N–H and O–H groups in total. The molecule has 2 aromatic heterocycles. The van der Waals surface area contributed by atoms with E-state index in [2.05, 4.69) is 41.4 Å². The molecule has 0 amide bonds. The molecule has 0 bridgehead atoms. The molecule has 6 heteroatoms. The Hall–Kier alpha value is -3.93. The van der Waals surface area contributed by atoms with E-state index in [1.807, 2.05) is 48.9 Å². The van der Waals surface area contributed by atoms with Crippen LogP contribution >= 0.6 is 0 Å².